The lowest BCUT2D eigenvalue weighted by molar-refractivity contribution is -0.103. The van der Waals surface area contributed by atoms with E-state index in [1.54, 1.807) is 13.0 Å². The van der Waals surface area contributed by atoms with Gasteiger partial charge in [0.15, 0.2) is 6.29 Å². The Morgan fingerprint density at radius 3 is 2.92 bits per heavy atom. The number of nitrogens with zero attached hydrogens (tertiary/aromatic N) is 2. The van der Waals surface area contributed by atoms with Gasteiger partial charge in [0.25, 0.3) is 0 Å². The van der Waals surface area contributed by atoms with Gasteiger partial charge in [-0.05, 0) is 24.5 Å². The third-order valence-corrected chi connectivity index (χ3v) is 1.46. The van der Waals surface area contributed by atoms with Crippen LogP contribution >= 0.6 is 0 Å². The lowest BCUT2D eigenvalue weighted by Gasteiger charge is -1.95. The Balaban J connectivity index is 3.11. The summed E-state index contributed by atoms with van der Waals surface area (Å²) in [5, 5.41) is 8.58. The normalized spacial score (nSPS) is 8.00. The molecule has 0 amide bonds. The van der Waals surface area contributed by atoms with E-state index in [0.29, 0.717) is 17.5 Å². The van der Waals surface area contributed by atoms with Gasteiger partial charge in [-0.25, -0.2) is 4.98 Å². The quantitative estimate of drug-likeness (QED) is 0.427. The first-order chi connectivity index (χ1) is 6.27. The van der Waals surface area contributed by atoms with Crippen molar-refractivity contribution in [3.63, 3.8) is 0 Å². The van der Waals surface area contributed by atoms with E-state index in [1.165, 1.54) is 6.20 Å². The van der Waals surface area contributed by atoms with Crippen molar-refractivity contribution in [2.45, 2.75) is 6.92 Å². The van der Waals surface area contributed by atoms with Crippen LogP contribution in [0.1, 0.15) is 16.8 Å². The van der Waals surface area contributed by atoms with E-state index in [4.69, 9.17) is 5.26 Å². The van der Waals surface area contributed by atoms with Crippen molar-refractivity contribution < 1.29 is 4.79 Å². The van der Waals surface area contributed by atoms with Crippen LogP contribution in [0.2, 0.25) is 0 Å². The number of aryl methyl sites for hydroxylation is 1. The van der Waals surface area contributed by atoms with Crippen molar-refractivity contribution in [1.29, 1.82) is 5.26 Å². The molecule has 0 unspecified atom stereocenters. The summed E-state index contributed by atoms with van der Waals surface area (Å²) >= 11 is 0. The molecule has 0 spiro atoms. The molecule has 0 fully saturated rings. The number of pyridine rings is 1. The molecule has 0 aliphatic carbocycles. The number of aromatic nitrogens is 1. The maximum absolute atomic E-state index is 9.94. The van der Waals surface area contributed by atoms with Gasteiger partial charge in [-0.2, -0.15) is 5.26 Å². The van der Waals surface area contributed by atoms with E-state index in [2.05, 4.69) is 16.8 Å². The topological polar surface area (TPSA) is 53.8 Å². The van der Waals surface area contributed by atoms with Crippen molar-refractivity contribution >= 4 is 6.29 Å². The summed E-state index contributed by atoms with van der Waals surface area (Å²) in [4.78, 5) is 13.8. The summed E-state index contributed by atoms with van der Waals surface area (Å²) < 4.78 is 0. The van der Waals surface area contributed by atoms with Crippen LogP contribution in [0.5, 0.6) is 0 Å². The first kappa shape index (κ1) is 8.96. The summed E-state index contributed by atoms with van der Waals surface area (Å²) in [7, 11) is 0. The Morgan fingerprint density at radius 1 is 1.62 bits per heavy atom. The first-order valence-corrected chi connectivity index (χ1v) is 3.60. The van der Waals surface area contributed by atoms with E-state index in [0.717, 1.165) is 5.56 Å². The van der Waals surface area contributed by atoms with Crippen LogP contribution in [-0.2, 0) is 4.79 Å². The van der Waals surface area contributed by atoms with Crippen LogP contribution in [0, 0.1) is 30.1 Å². The monoisotopic (exact) mass is 170 g/mol. The second-order valence-electron chi connectivity index (χ2n) is 2.39. The van der Waals surface area contributed by atoms with Crippen molar-refractivity contribution in [3.8, 4) is 17.9 Å². The van der Waals surface area contributed by atoms with Crippen LogP contribution in [-0.4, -0.2) is 11.3 Å². The molecule has 0 aromatic carbocycles. The Labute approximate surface area is 76.0 Å². The largest absolute Gasteiger partial charge is 0.289 e. The van der Waals surface area contributed by atoms with Gasteiger partial charge in [-0.1, -0.05) is 5.92 Å². The van der Waals surface area contributed by atoms with Gasteiger partial charge in [-0.3, -0.25) is 4.79 Å². The molecule has 0 N–H and O–H groups in total. The van der Waals surface area contributed by atoms with Crippen molar-refractivity contribution in [1.82, 2.24) is 4.98 Å². The maximum atomic E-state index is 9.94. The number of aldehydes is 1. The minimum atomic E-state index is 0.386. The Morgan fingerprint density at radius 2 is 2.38 bits per heavy atom. The summed E-state index contributed by atoms with van der Waals surface area (Å²) in [5.74, 6) is 4.87. The minimum absolute atomic E-state index is 0.386. The zero-order valence-corrected chi connectivity index (χ0v) is 7.03. The van der Waals surface area contributed by atoms with Crippen LogP contribution in [0.15, 0.2) is 12.3 Å². The van der Waals surface area contributed by atoms with Gasteiger partial charge in [0.2, 0.25) is 0 Å². The SMILES string of the molecule is Cc1cc(C#CC=O)cnc1C#N. The summed E-state index contributed by atoms with van der Waals surface area (Å²) in [6.07, 6.45) is 2.00. The van der Waals surface area contributed by atoms with E-state index < -0.39 is 0 Å². The number of hydrogen-bond donors (Lipinski definition) is 0. The molecule has 0 saturated heterocycles. The van der Waals surface area contributed by atoms with Crippen molar-refractivity contribution in [2.75, 3.05) is 0 Å². The fraction of sp³-hybridized carbons (Fsp3) is 0.100. The molecule has 1 aromatic rings. The van der Waals surface area contributed by atoms with Crippen LogP contribution < -0.4 is 0 Å². The number of carbonyl (C=O) groups excluding carboxylic acids is 1. The van der Waals surface area contributed by atoms with Crippen molar-refractivity contribution in [3.05, 3.63) is 29.1 Å². The Kier molecular flexibility index (Phi) is 2.78. The number of nitriles is 1. The molecule has 1 rings (SSSR count). The predicted octanol–water partition coefficient (Wildman–Crippen LogP) is 0.812. The molecule has 1 aromatic heterocycles. The zero-order valence-electron chi connectivity index (χ0n) is 7.03. The van der Waals surface area contributed by atoms with E-state index in [1.807, 2.05) is 6.07 Å². The van der Waals surface area contributed by atoms with E-state index in [-0.39, 0.29) is 0 Å². The second-order valence-corrected chi connectivity index (χ2v) is 2.39. The highest BCUT2D eigenvalue weighted by molar-refractivity contribution is 5.73. The van der Waals surface area contributed by atoms with Gasteiger partial charge in [-0.15, -0.1) is 0 Å². The molecule has 0 aliphatic rings. The summed E-state index contributed by atoms with van der Waals surface area (Å²) in [6, 6.07) is 3.67. The second kappa shape index (κ2) is 4.04. The van der Waals surface area contributed by atoms with Crippen LogP contribution in [0.3, 0.4) is 0 Å². The van der Waals surface area contributed by atoms with Crippen molar-refractivity contribution in [2.24, 2.45) is 0 Å². The van der Waals surface area contributed by atoms with Crippen LogP contribution in [0.25, 0.3) is 0 Å². The van der Waals surface area contributed by atoms with Gasteiger partial charge in [0.05, 0.1) is 0 Å². The van der Waals surface area contributed by atoms with Gasteiger partial charge >= 0.3 is 0 Å². The molecule has 0 radical (unpaired) electrons. The molecule has 13 heavy (non-hydrogen) atoms. The molecule has 1 heterocycles. The smallest absolute Gasteiger partial charge is 0.193 e. The number of rotatable bonds is 0. The number of carbonyl (C=O) groups is 1. The maximum Gasteiger partial charge on any atom is 0.193 e. The van der Waals surface area contributed by atoms with E-state index in [9.17, 15) is 4.79 Å². The molecule has 0 atom stereocenters. The molecule has 0 aliphatic heterocycles. The highest BCUT2D eigenvalue weighted by Gasteiger charge is 1.97. The summed E-state index contributed by atoms with van der Waals surface area (Å²) in [6.45, 7) is 1.78. The lowest BCUT2D eigenvalue weighted by Crippen LogP contribution is -1.89. The fourth-order valence-corrected chi connectivity index (χ4v) is 0.873. The summed E-state index contributed by atoms with van der Waals surface area (Å²) in [5.41, 5.74) is 1.79. The zero-order chi connectivity index (χ0) is 9.68. The number of hydrogen-bond acceptors (Lipinski definition) is 3. The minimum Gasteiger partial charge on any atom is -0.289 e. The van der Waals surface area contributed by atoms with E-state index >= 15 is 0 Å². The third-order valence-electron chi connectivity index (χ3n) is 1.46. The first-order valence-electron chi connectivity index (χ1n) is 3.60. The molecule has 3 nitrogen and oxygen atoms in total. The van der Waals surface area contributed by atoms with Gasteiger partial charge < -0.3 is 0 Å². The van der Waals surface area contributed by atoms with Gasteiger partial charge in [0.1, 0.15) is 11.8 Å². The Bertz CT molecular complexity index is 432. The molecule has 0 bridgehead atoms. The van der Waals surface area contributed by atoms with Gasteiger partial charge in [0, 0.05) is 11.8 Å². The van der Waals surface area contributed by atoms with Crippen LogP contribution in [0.4, 0.5) is 0 Å². The molecule has 62 valence electrons. The Hall–Kier alpha value is -2.13. The standard InChI is InChI=1S/C10H6N2O/c1-8-5-9(3-2-4-13)7-12-10(8)6-11/h4-5,7H,1H3. The lowest BCUT2D eigenvalue weighted by atomic mass is 10.1. The average Bonchev–Trinajstić information content (AvgIpc) is 2.15. The highest BCUT2D eigenvalue weighted by atomic mass is 16.1. The molecular weight excluding hydrogens is 164 g/mol. The fourth-order valence-electron chi connectivity index (χ4n) is 0.873. The third kappa shape index (κ3) is 2.15. The average molecular weight is 170 g/mol. The molecular formula is C10H6N2O. The predicted molar refractivity (Wildman–Crippen MR) is 46.6 cm³/mol. The highest BCUT2D eigenvalue weighted by Crippen LogP contribution is 2.04. The molecule has 3 heteroatoms. The molecule has 0 saturated carbocycles.